The lowest BCUT2D eigenvalue weighted by Gasteiger charge is -2.37. The maximum atomic E-state index is 6.13. The van der Waals surface area contributed by atoms with Crippen LogP contribution < -0.4 is 15.1 Å². The number of anilines is 2. The Bertz CT molecular complexity index is 750. The van der Waals surface area contributed by atoms with Gasteiger partial charge in [0.05, 0.1) is 0 Å². The third-order valence-corrected chi connectivity index (χ3v) is 6.77. The van der Waals surface area contributed by atoms with E-state index in [4.69, 9.17) is 23.2 Å². The first kappa shape index (κ1) is 22.7. The monoisotopic (exact) mass is 461 g/mol. The summed E-state index contributed by atoms with van der Waals surface area (Å²) in [6.07, 6.45) is 0. The van der Waals surface area contributed by atoms with Crippen LogP contribution in [0.3, 0.4) is 0 Å². The summed E-state index contributed by atoms with van der Waals surface area (Å²) in [4.78, 5) is 9.97. The fourth-order valence-electron chi connectivity index (χ4n) is 4.40. The van der Waals surface area contributed by atoms with Gasteiger partial charge in [-0.15, -0.1) is 0 Å². The maximum absolute atomic E-state index is 6.13. The topological polar surface area (TPSA) is 25.0 Å². The van der Waals surface area contributed by atoms with Crippen molar-refractivity contribution in [3.05, 3.63) is 58.6 Å². The van der Waals surface area contributed by atoms with Crippen molar-refractivity contribution >= 4 is 34.6 Å². The zero-order valence-electron chi connectivity index (χ0n) is 18.1. The average molecular weight is 462 g/mol. The van der Waals surface area contributed by atoms with E-state index in [9.17, 15) is 0 Å². The summed E-state index contributed by atoms with van der Waals surface area (Å²) in [6, 6.07) is 16.4. The van der Waals surface area contributed by atoms with Crippen molar-refractivity contribution in [1.29, 1.82) is 0 Å². The summed E-state index contributed by atoms with van der Waals surface area (Å²) in [7, 11) is 0. The van der Waals surface area contributed by atoms with Crippen LogP contribution in [0.1, 0.15) is 0 Å². The van der Waals surface area contributed by atoms with Crippen molar-refractivity contribution in [3.63, 3.8) is 0 Å². The normalized spacial score (nSPS) is 18.5. The molecule has 2 aromatic rings. The van der Waals surface area contributed by atoms with Gasteiger partial charge in [-0.3, -0.25) is 9.80 Å². The van der Waals surface area contributed by atoms with Crippen LogP contribution in [0.5, 0.6) is 0 Å². The van der Waals surface area contributed by atoms with Crippen molar-refractivity contribution in [2.45, 2.75) is 0 Å². The van der Waals surface area contributed by atoms with Crippen molar-refractivity contribution < 1.29 is 0 Å². The summed E-state index contributed by atoms with van der Waals surface area (Å²) < 4.78 is 0. The molecule has 5 nitrogen and oxygen atoms in total. The Morgan fingerprint density at radius 2 is 1.03 bits per heavy atom. The molecule has 0 radical (unpaired) electrons. The number of nitrogens with one attached hydrogen (secondary N) is 1. The first-order valence-electron chi connectivity index (χ1n) is 11.3. The van der Waals surface area contributed by atoms with Crippen LogP contribution in [-0.4, -0.2) is 88.3 Å². The van der Waals surface area contributed by atoms with Gasteiger partial charge in [0.1, 0.15) is 0 Å². The summed E-state index contributed by atoms with van der Waals surface area (Å²) in [5.41, 5.74) is 2.47. The molecular formula is C24H33Cl2N5. The van der Waals surface area contributed by atoms with E-state index in [0.717, 1.165) is 88.6 Å². The molecule has 0 unspecified atom stereocenters. The summed E-state index contributed by atoms with van der Waals surface area (Å²) in [6.45, 7) is 13.1. The van der Waals surface area contributed by atoms with Crippen molar-refractivity contribution in [2.24, 2.45) is 0 Å². The first-order chi connectivity index (χ1) is 15.2. The number of hydrogen-bond acceptors (Lipinski definition) is 5. The predicted octanol–water partition coefficient (Wildman–Crippen LogP) is 3.53. The Morgan fingerprint density at radius 1 is 0.613 bits per heavy atom. The third kappa shape index (κ3) is 6.74. The van der Waals surface area contributed by atoms with E-state index in [0.29, 0.717) is 0 Å². The van der Waals surface area contributed by atoms with E-state index in [1.807, 2.05) is 24.3 Å². The molecule has 0 atom stereocenters. The highest BCUT2D eigenvalue weighted by atomic mass is 35.5. The molecule has 2 saturated heterocycles. The molecule has 0 aliphatic carbocycles. The summed E-state index contributed by atoms with van der Waals surface area (Å²) in [5.74, 6) is 0. The molecule has 2 heterocycles. The molecular weight excluding hydrogens is 429 g/mol. The van der Waals surface area contributed by atoms with Gasteiger partial charge in [0.25, 0.3) is 0 Å². The number of hydrogen-bond donors (Lipinski definition) is 1. The average Bonchev–Trinajstić information content (AvgIpc) is 2.80. The lowest BCUT2D eigenvalue weighted by atomic mass is 10.2. The fraction of sp³-hybridized carbons (Fsp3) is 0.500. The standard InChI is InChI=1S/C24H33Cl2N5/c25-21-3-1-5-23(19-21)30-15-11-28(12-16-30)9-7-27-8-10-29-13-17-31(18-14-29)24-6-2-4-22(26)20-24/h1-6,19-20,27H,7-18H2. The van der Waals surface area contributed by atoms with Gasteiger partial charge >= 0.3 is 0 Å². The van der Waals surface area contributed by atoms with Gasteiger partial charge < -0.3 is 15.1 Å². The number of piperazine rings is 2. The SMILES string of the molecule is Clc1cccc(N2CCN(CCNCCN3CCN(c4cccc(Cl)c4)CC3)CC2)c1. The van der Waals surface area contributed by atoms with Crippen LogP contribution in [0.25, 0.3) is 0 Å². The largest absolute Gasteiger partial charge is 0.369 e. The van der Waals surface area contributed by atoms with E-state index < -0.39 is 0 Å². The van der Waals surface area contributed by atoms with Crippen LogP contribution in [0.4, 0.5) is 11.4 Å². The predicted molar refractivity (Wildman–Crippen MR) is 133 cm³/mol. The second-order valence-electron chi connectivity index (χ2n) is 8.37. The Morgan fingerprint density at radius 3 is 1.42 bits per heavy atom. The molecule has 4 rings (SSSR count). The molecule has 2 aromatic carbocycles. The Hall–Kier alpha value is -1.50. The molecule has 7 heteroatoms. The van der Waals surface area contributed by atoms with Crippen molar-refractivity contribution in [3.8, 4) is 0 Å². The molecule has 2 aliphatic heterocycles. The second kappa shape index (κ2) is 11.4. The lowest BCUT2D eigenvalue weighted by molar-refractivity contribution is 0.242. The summed E-state index contributed by atoms with van der Waals surface area (Å²) in [5, 5.41) is 5.26. The first-order valence-corrected chi connectivity index (χ1v) is 12.1. The molecule has 31 heavy (non-hydrogen) atoms. The maximum Gasteiger partial charge on any atom is 0.0426 e. The van der Waals surface area contributed by atoms with Gasteiger partial charge in [0.2, 0.25) is 0 Å². The number of halogens is 2. The highest BCUT2D eigenvalue weighted by molar-refractivity contribution is 6.31. The molecule has 0 saturated carbocycles. The van der Waals surface area contributed by atoms with E-state index in [1.54, 1.807) is 0 Å². The van der Waals surface area contributed by atoms with E-state index in [2.05, 4.69) is 49.2 Å². The van der Waals surface area contributed by atoms with Gasteiger partial charge in [-0.2, -0.15) is 0 Å². The molecule has 1 N–H and O–H groups in total. The van der Waals surface area contributed by atoms with E-state index >= 15 is 0 Å². The Balaban J connectivity index is 1.07. The molecule has 0 spiro atoms. The minimum absolute atomic E-state index is 0.815. The quantitative estimate of drug-likeness (QED) is 0.606. The van der Waals surface area contributed by atoms with Crippen molar-refractivity contribution in [2.75, 3.05) is 88.3 Å². The fourth-order valence-corrected chi connectivity index (χ4v) is 4.77. The van der Waals surface area contributed by atoms with Gasteiger partial charge in [-0.05, 0) is 36.4 Å². The van der Waals surface area contributed by atoms with E-state index in [1.165, 1.54) is 11.4 Å². The minimum Gasteiger partial charge on any atom is -0.369 e. The number of rotatable bonds is 8. The number of benzene rings is 2. The molecule has 0 aromatic heterocycles. The van der Waals surface area contributed by atoms with E-state index in [-0.39, 0.29) is 0 Å². The van der Waals surface area contributed by atoms with Gasteiger partial charge in [-0.25, -0.2) is 0 Å². The minimum atomic E-state index is 0.815. The summed E-state index contributed by atoms with van der Waals surface area (Å²) >= 11 is 12.3. The third-order valence-electron chi connectivity index (χ3n) is 6.30. The van der Waals surface area contributed by atoms with Gasteiger partial charge in [0.15, 0.2) is 0 Å². The van der Waals surface area contributed by atoms with Crippen molar-refractivity contribution in [1.82, 2.24) is 15.1 Å². The van der Waals surface area contributed by atoms with Crippen LogP contribution in [-0.2, 0) is 0 Å². The smallest absolute Gasteiger partial charge is 0.0426 e. The second-order valence-corrected chi connectivity index (χ2v) is 9.24. The molecule has 0 amide bonds. The molecule has 2 fully saturated rings. The zero-order valence-corrected chi connectivity index (χ0v) is 19.7. The Labute approximate surface area is 196 Å². The van der Waals surface area contributed by atoms with Gasteiger partial charge in [0, 0.05) is 100.0 Å². The van der Waals surface area contributed by atoms with Gasteiger partial charge in [-0.1, -0.05) is 35.3 Å². The molecule has 0 bridgehead atoms. The van der Waals surface area contributed by atoms with Crippen LogP contribution in [0.2, 0.25) is 10.0 Å². The lowest BCUT2D eigenvalue weighted by Crippen LogP contribution is -2.49. The van der Waals surface area contributed by atoms with Crippen LogP contribution >= 0.6 is 23.2 Å². The number of nitrogens with zero attached hydrogens (tertiary/aromatic N) is 4. The zero-order chi connectivity index (χ0) is 21.5. The molecule has 168 valence electrons. The highest BCUT2D eigenvalue weighted by Crippen LogP contribution is 2.21. The van der Waals surface area contributed by atoms with Crippen LogP contribution in [0, 0.1) is 0 Å². The Kier molecular flexibility index (Phi) is 8.34. The molecule has 2 aliphatic rings. The van der Waals surface area contributed by atoms with Crippen LogP contribution in [0.15, 0.2) is 48.5 Å². The highest BCUT2D eigenvalue weighted by Gasteiger charge is 2.18.